The molecular formula is C9H6BrClN2O. The molecule has 5 heteroatoms. The molecule has 2 aromatic rings. The van der Waals surface area contributed by atoms with Crippen LogP contribution >= 0.6 is 27.5 Å². The number of halogens is 2. The van der Waals surface area contributed by atoms with Gasteiger partial charge in [0.05, 0.1) is 12.6 Å². The SMILES string of the molecule is COc1cc(Br)c2nc(Cl)ncc2c1. The van der Waals surface area contributed by atoms with Crippen LogP contribution in [0.25, 0.3) is 10.9 Å². The van der Waals surface area contributed by atoms with Crippen molar-refractivity contribution in [2.75, 3.05) is 7.11 Å². The summed E-state index contributed by atoms with van der Waals surface area (Å²) in [4.78, 5) is 8.00. The van der Waals surface area contributed by atoms with Gasteiger partial charge in [0, 0.05) is 16.1 Å². The number of aromatic nitrogens is 2. The normalized spacial score (nSPS) is 10.5. The van der Waals surface area contributed by atoms with Crippen LogP contribution in [-0.2, 0) is 0 Å². The Bertz CT molecular complexity index is 489. The molecule has 0 unspecified atom stereocenters. The Hall–Kier alpha value is -0.870. The molecule has 72 valence electrons. The first-order chi connectivity index (χ1) is 6.70. The molecule has 0 fully saturated rings. The first kappa shape index (κ1) is 9.68. The molecule has 14 heavy (non-hydrogen) atoms. The van der Waals surface area contributed by atoms with Crippen LogP contribution in [0.15, 0.2) is 22.8 Å². The summed E-state index contributed by atoms with van der Waals surface area (Å²) in [6, 6.07) is 3.70. The van der Waals surface area contributed by atoms with E-state index in [1.165, 1.54) is 0 Å². The average molecular weight is 274 g/mol. The van der Waals surface area contributed by atoms with Crippen molar-refractivity contribution in [3.63, 3.8) is 0 Å². The predicted octanol–water partition coefficient (Wildman–Crippen LogP) is 3.05. The average Bonchev–Trinajstić information content (AvgIpc) is 2.19. The lowest BCUT2D eigenvalue weighted by atomic mass is 10.2. The van der Waals surface area contributed by atoms with E-state index in [9.17, 15) is 0 Å². The van der Waals surface area contributed by atoms with Crippen LogP contribution < -0.4 is 4.74 Å². The molecule has 0 aliphatic carbocycles. The molecule has 0 amide bonds. The van der Waals surface area contributed by atoms with Crippen molar-refractivity contribution in [3.05, 3.63) is 28.1 Å². The fraction of sp³-hybridized carbons (Fsp3) is 0.111. The van der Waals surface area contributed by atoms with Crippen LogP contribution in [0, 0.1) is 0 Å². The molecule has 0 N–H and O–H groups in total. The van der Waals surface area contributed by atoms with Crippen molar-refractivity contribution >= 4 is 38.4 Å². The highest BCUT2D eigenvalue weighted by Gasteiger charge is 2.04. The first-order valence-electron chi connectivity index (χ1n) is 3.86. The number of methoxy groups -OCH3 is 1. The summed E-state index contributed by atoms with van der Waals surface area (Å²) in [5.41, 5.74) is 0.783. The van der Waals surface area contributed by atoms with Crippen LogP contribution in [0.1, 0.15) is 0 Å². The number of ether oxygens (including phenoxy) is 1. The maximum absolute atomic E-state index is 5.69. The molecule has 0 saturated carbocycles. The molecule has 0 aliphatic heterocycles. The van der Waals surface area contributed by atoms with Crippen molar-refractivity contribution in [1.82, 2.24) is 9.97 Å². The molecule has 3 nitrogen and oxygen atoms in total. The Morgan fingerprint density at radius 3 is 2.93 bits per heavy atom. The van der Waals surface area contributed by atoms with Crippen LogP contribution in [0.5, 0.6) is 5.75 Å². The summed E-state index contributed by atoms with van der Waals surface area (Å²) in [6.07, 6.45) is 1.66. The minimum Gasteiger partial charge on any atom is -0.497 e. The van der Waals surface area contributed by atoms with E-state index in [0.29, 0.717) is 0 Å². The zero-order chi connectivity index (χ0) is 10.1. The predicted molar refractivity (Wildman–Crippen MR) is 58.8 cm³/mol. The van der Waals surface area contributed by atoms with Gasteiger partial charge in [-0.05, 0) is 39.7 Å². The molecule has 0 spiro atoms. The van der Waals surface area contributed by atoms with Gasteiger partial charge in [-0.2, -0.15) is 0 Å². The zero-order valence-electron chi connectivity index (χ0n) is 7.29. The van der Waals surface area contributed by atoms with Crippen LogP contribution in [0.2, 0.25) is 5.28 Å². The minimum atomic E-state index is 0.239. The third-order valence-corrected chi connectivity index (χ3v) is 2.60. The lowest BCUT2D eigenvalue weighted by molar-refractivity contribution is 0.415. The Balaban J connectivity index is 2.76. The summed E-state index contributed by atoms with van der Waals surface area (Å²) in [6.45, 7) is 0. The van der Waals surface area contributed by atoms with E-state index in [2.05, 4.69) is 25.9 Å². The zero-order valence-corrected chi connectivity index (χ0v) is 9.63. The monoisotopic (exact) mass is 272 g/mol. The van der Waals surface area contributed by atoms with Crippen LogP contribution in [-0.4, -0.2) is 17.1 Å². The first-order valence-corrected chi connectivity index (χ1v) is 5.03. The number of nitrogens with zero attached hydrogens (tertiary/aromatic N) is 2. The minimum absolute atomic E-state index is 0.239. The van der Waals surface area contributed by atoms with Gasteiger partial charge in [-0.15, -0.1) is 0 Å². The topological polar surface area (TPSA) is 35.0 Å². The molecule has 1 aromatic carbocycles. The highest BCUT2D eigenvalue weighted by Crippen LogP contribution is 2.28. The quantitative estimate of drug-likeness (QED) is 0.749. The summed E-state index contributed by atoms with van der Waals surface area (Å²) in [7, 11) is 1.62. The highest BCUT2D eigenvalue weighted by atomic mass is 79.9. The van der Waals surface area contributed by atoms with Gasteiger partial charge in [0.25, 0.3) is 0 Å². The van der Waals surface area contributed by atoms with Gasteiger partial charge < -0.3 is 4.74 Å². The van der Waals surface area contributed by atoms with E-state index in [1.54, 1.807) is 13.3 Å². The summed E-state index contributed by atoms with van der Waals surface area (Å²) < 4.78 is 5.96. The fourth-order valence-corrected chi connectivity index (χ4v) is 1.85. The molecule has 1 heterocycles. The van der Waals surface area contributed by atoms with Crippen molar-refractivity contribution in [2.45, 2.75) is 0 Å². The van der Waals surface area contributed by atoms with Gasteiger partial charge in [0.1, 0.15) is 5.75 Å². The molecule has 0 aliphatic rings. The Morgan fingerprint density at radius 2 is 2.21 bits per heavy atom. The van der Waals surface area contributed by atoms with Crippen molar-refractivity contribution in [2.24, 2.45) is 0 Å². The number of rotatable bonds is 1. The third kappa shape index (κ3) is 1.67. The third-order valence-electron chi connectivity index (χ3n) is 1.82. The maximum Gasteiger partial charge on any atom is 0.222 e. The van der Waals surface area contributed by atoms with Gasteiger partial charge in [-0.3, -0.25) is 0 Å². The lowest BCUT2D eigenvalue weighted by Crippen LogP contribution is -1.88. The Kier molecular flexibility index (Phi) is 2.56. The van der Waals surface area contributed by atoms with Crippen molar-refractivity contribution in [1.29, 1.82) is 0 Å². The summed E-state index contributed by atoms with van der Waals surface area (Å²) >= 11 is 9.08. The molecule has 0 saturated heterocycles. The van der Waals surface area contributed by atoms with Gasteiger partial charge in [0.15, 0.2) is 0 Å². The summed E-state index contributed by atoms with van der Waals surface area (Å²) in [5.74, 6) is 0.760. The van der Waals surface area contributed by atoms with Gasteiger partial charge in [0.2, 0.25) is 5.28 Å². The molecular weight excluding hydrogens is 267 g/mol. The van der Waals surface area contributed by atoms with Crippen molar-refractivity contribution in [3.8, 4) is 5.75 Å². The Morgan fingerprint density at radius 1 is 1.43 bits per heavy atom. The molecule has 1 aromatic heterocycles. The number of fused-ring (bicyclic) bond motifs is 1. The highest BCUT2D eigenvalue weighted by molar-refractivity contribution is 9.10. The van der Waals surface area contributed by atoms with E-state index in [4.69, 9.17) is 16.3 Å². The van der Waals surface area contributed by atoms with E-state index in [1.807, 2.05) is 12.1 Å². The van der Waals surface area contributed by atoms with Gasteiger partial charge in [-0.1, -0.05) is 0 Å². The van der Waals surface area contributed by atoms with E-state index in [-0.39, 0.29) is 5.28 Å². The maximum atomic E-state index is 5.69. The van der Waals surface area contributed by atoms with Crippen molar-refractivity contribution < 1.29 is 4.74 Å². The van der Waals surface area contributed by atoms with Gasteiger partial charge in [-0.25, -0.2) is 9.97 Å². The van der Waals surface area contributed by atoms with E-state index in [0.717, 1.165) is 21.1 Å². The fourth-order valence-electron chi connectivity index (χ4n) is 1.17. The number of hydrogen-bond donors (Lipinski definition) is 0. The molecule has 2 rings (SSSR count). The van der Waals surface area contributed by atoms with Crippen LogP contribution in [0.4, 0.5) is 0 Å². The lowest BCUT2D eigenvalue weighted by Gasteiger charge is -2.03. The Labute approximate surface area is 94.2 Å². The van der Waals surface area contributed by atoms with E-state index < -0.39 is 0 Å². The summed E-state index contributed by atoms with van der Waals surface area (Å²) in [5, 5.41) is 1.13. The standard InChI is InChI=1S/C9H6BrClN2O/c1-14-6-2-5-4-12-9(11)13-8(5)7(10)3-6/h2-4H,1H3. The van der Waals surface area contributed by atoms with E-state index >= 15 is 0 Å². The van der Waals surface area contributed by atoms with Crippen LogP contribution in [0.3, 0.4) is 0 Å². The second-order valence-electron chi connectivity index (χ2n) is 2.69. The number of hydrogen-bond acceptors (Lipinski definition) is 3. The second kappa shape index (κ2) is 3.71. The smallest absolute Gasteiger partial charge is 0.222 e. The second-order valence-corrected chi connectivity index (χ2v) is 3.88. The number of benzene rings is 1. The largest absolute Gasteiger partial charge is 0.497 e. The van der Waals surface area contributed by atoms with Gasteiger partial charge >= 0.3 is 0 Å². The molecule has 0 atom stereocenters. The molecule has 0 bridgehead atoms. The molecule has 0 radical (unpaired) electrons.